The van der Waals surface area contributed by atoms with E-state index in [0.717, 1.165) is 19.3 Å². The van der Waals surface area contributed by atoms with Crippen molar-refractivity contribution in [3.05, 3.63) is 64.2 Å². The number of ether oxygens (including phenoxy) is 1. The summed E-state index contributed by atoms with van der Waals surface area (Å²) in [4.78, 5) is 32.0. The average Bonchev–Trinajstić information content (AvgIpc) is 3.27. The molecule has 3 aromatic rings. The van der Waals surface area contributed by atoms with Gasteiger partial charge in [-0.15, -0.1) is 0 Å². The highest BCUT2D eigenvalue weighted by Crippen LogP contribution is 2.33. The number of non-ortho nitro benzene ring substituents is 1. The lowest BCUT2D eigenvalue weighted by Gasteiger charge is -2.28. The standard InChI is InChI=1S/C23H24N4O6S2/c1-35(31,32)20-4-2-3-19-22(20)24-23(34-19)26(12-11-25-13-15-33-16-14-25)21(28)10-7-17-5-8-18(9-6-17)27(29)30/h2-10H,11-16H2,1H3/b10-7+. The maximum absolute atomic E-state index is 13.3. The first-order chi connectivity index (χ1) is 16.7. The molecule has 10 nitrogen and oxygen atoms in total. The van der Waals surface area contributed by atoms with Crippen molar-refractivity contribution >= 4 is 54.2 Å². The molecule has 12 heteroatoms. The number of morpholine rings is 1. The van der Waals surface area contributed by atoms with Gasteiger partial charge in [-0.2, -0.15) is 0 Å². The summed E-state index contributed by atoms with van der Waals surface area (Å²) in [5, 5.41) is 11.3. The van der Waals surface area contributed by atoms with Crippen LogP contribution in [0.2, 0.25) is 0 Å². The quantitative estimate of drug-likeness (QED) is 0.254. The summed E-state index contributed by atoms with van der Waals surface area (Å²) in [5.74, 6) is -0.323. The van der Waals surface area contributed by atoms with E-state index in [0.29, 0.717) is 47.2 Å². The molecule has 1 saturated heterocycles. The highest BCUT2D eigenvalue weighted by Gasteiger charge is 2.22. The molecule has 184 valence electrons. The third-order valence-electron chi connectivity index (χ3n) is 5.53. The molecular weight excluding hydrogens is 492 g/mol. The number of carbonyl (C=O) groups excluding carboxylic acids is 1. The highest BCUT2D eigenvalue weighted by atomic mass is 32.2. The zero-order chi connectivity index (χ0) is 25.0. The molecule has 1 fully saturated rings. The van der Waals surface area contributed by atoms with Crippen LogP contribution < -0.4 is 4.90 Å². The smallest absolute Gasteiger partial charge is 0.269 e. The molecular formula is C23H24N4O6S2. The molecule has 2 heterocycles. The fourth-order valence-electron chi connectivity index (χ4n) is 3.66. The second-order valence-corrected chi connectivity index (χ2v) is 11.0. The van der Waals surface area contributed by atoms with Crippen LogP contribution in [0.3, 0.4) is 0 Å². The topological polar surface area (TPSA) is 123 Å². The lowest BCUT2D eigenvalue weighted by atomic mass is 10.2. The lowest BCUT2D eigenvalue weighted by Crippen LogP contribution is -2.42. The van der Waals surface area contributed by atoms with Crippen LogP contribution in [0.25, 0.3) is 16.3 Å². The number of sulfone groups is 1. The number of nitro groups is 1. The van der Waals surface area contributed by atoms with Crippen LogP contribution in [-0.2, 0) is 19.4 Å². The minimum Gasteiger partial charge on any atom is -0.379 e. The van der Waals surface area contributed by atoms with Gasteiger partial charge in [0.1, 0.15) is 5.52 Å². The molecule has 2 aromatic carbocycles. The summed E-state index contributed by atoms with van der Waals surface area (Å²) < 4.78 is 30.5. The highest BCUT2D eigenvalue weighted by molar-refractivity contribution is 7.91. The van der Waals surface area contributed by atoms with Gasteiger partial charge >= 0.3 is 0 Å². The van der Waals surface area contributed by atoms with Gasteiger partial charge in [-0.05, 0) is 35.9 Å². The first kappa shape index (κ1) is 24.9. The molecule has 1 aliphatic heterocycles. The molecule has 0 spiro atoms. The number of nitro benzene ring substituents is 1. The number of fused-ring (bicyclic) bond motifs is 1. The third-order valence-corrected chi connectivity index (χ3v) is 7.70. The fourth-order valence-corrected chi connectivity index (χ4v) is 5.58. The van der Waals surface area contributed by atoms with Crippen molar-refractivity contribution in [3.8, 4) is 0 Å². The van der Waals surface area contributed by atoms with Crippen molar-refractivity contribution in [2.75, 3.05) is 50.5 Å². The van der Waals surface area contributed by atoms with Crippen LogP contribution in [-0.4, -0.2) is 74.8 Å². The van der Waals surface area contributed by atoms with Gasteiger partial charge in [-0.25, -0.2) is 13.4 Å². The zero-order valence-electron chi connectivity index (χ0n) is 19.0. The van der Waals surface area contributed by atoms with Crippen molar-refractivity contribution < 1.29 is 22.9 Å². The number of hydrogen-bond donors (Lipinski definition) is 0. The number of aromatic nitrogens is 1. The Morgan fingerprint density at radius 2 is 1.94 bits per heavy atom. The molecule has 35 heavy (non-hydrogen) atoms. The van der Waals surface area contributed by atoms with Gasteiger partial charge in [0.15, 0.2) is 15.0 Å². The summed E-state index contributed by atoms with van der Waals surface area (Å²) in [7, 11) is -3.49. The Kier molecular flexibility index (Phi) is 7.55. The number of thiazole rings is 1. The van der Waals surface area contributed by atoms with E-state index in [1.807, 2.05) is 0 Å². The zero-order valence-corrected chi connectivity index (χ0v) is 20.6. The Bertz CT molecular complexity index is 1360. The minimum atomic E-state index is -3.49. The second kappa shape index (κ2) is 10.6. The molecule has 1 amide bonds. The number of amides is 1. The molecule has 0 bridgehead atoms. The normalized spacial score (nSPS) is 15.0. The van der Waals surface area contributed by atoms with Gasteiger partial charge in [0, 0.05) is 50.6 Å². The summed E-state index contributed by atoms with van der Waals surface area (Å²) >= 11 is 1.25. The monoisotopic (exact) mass is 516 g/mol. The van der Waals surface area contributed by atoms with Crippen molar-refractivity contribution in [2.45, 2.75) is 4.90 Å². The van der Waals surface area contributed by atoms with Crippen LogP contribution in [0.1, 0.15) is 5.56 Å². The SMILES string of the molecule is CS(=O)(=O)c1cccc2sc(N(CCN3CCOCC3)C(=O)/C=C/c3ccc([N+](=O)[O-])cc3)nc12. The van der Waals surface area contributed by atoms with Gasteiger partial charge in [-0.1, -0.05) is 17.4 Å². The van der Waals surface area contributed by atoms with Crippen LogP contribution in [0.4, 0.5) is 10.8 Å². The molecule has 1 aliphatic rings. The number of para-hydroxylation sites is 1. The van der Waals surface area contributed by atoms with E-state index in [-0.39, 0.29) is 16.5 Å². The molecule has 0 unspecified atom stereocenters. The average molecular weight is 517 g/mol. The molecule has 0 N–H and O–H groups in total. The molecule has 0 radical (unpaired) electrons. The second-order valence-electron chi connectivity index (χ2n) is 8.00. The predicted molar refractivity (Wildman–Crippen MR) is 134 cm³/mol. The van der Waals surface area contributed by atoms with Crippen LogP contribution in [0, 0.1) is 10.1 Å². The van der Waals surface area contributed by atoms with Crippen molar-refractivity contribution in [1.29, 1.82) is 0 Å². The van der Waals surface area contributed by atoms with Crippen LogP contribution >= 0.6 is 11.3 Å². The van der Waals surface area contributed by atoms with Gasteiger partial charge in [-0.3, -0.25) is 24.7 Å². The van der Waals surface area contributed by atoms with Crippen LogP contribution in [0.15, 0.2) is 53.4 Å². The Balaban J connectivity index is 1.62. The van der Waals surface area contributed by atoms with Gasteiger partial charge in [0.05, 0.1) is 27.7 Å². The van der Waals surface area contributed by atoms with Gasteiger partial charge < -0.3 is 4.74 Å². The Hall–Kier alpha value is -3.19. The summed E-state index contributed by atoms with van der Waals surface area (Å²) in [6.45, 7) is 3.75. The molecule has 0 aliphatic carbocycles. The molecule has 0 atom stereocenters. The van der Waals surface area contributed by atoms with E-state index < -0.39 is 14.8 Å². The first-order valence-corrected chi connectivity index (χ1v) is 13.6. The number of carbonyl (C=O) groups is 1. The van der Waals surface area contributed by atoms with Gasteiger partial charge in [0.25, 0.3) is 11.6 Å². The Morgan fingerprint density at radius 1 is 1.23 bits per heavy atom. The predicted octanol–water partition coefficient (Wildman–Crippen LogP) is 2.99. The van der Waals surface area contributed by atoms with E-state index in [4.69, 9.17) is 4.74 Å². The number of rotatable bonds is 8. The molecule has 0 saturated carbocycles. The summed E-state index contributed by atoms with van der Waals surface area (Å²) in [6.07, 6.45) is 4.11. The lowest BCUT2D eigenvalue weighted by molar-refractivity contribution is -0.384. The van der Waals surface area contributed by atoms with Crippen molar-refractivity contribution in [2.24, 2.45) is 0 Å². The van der Waals surface area contributed by atoms with Crippen LogP contribution in [0.5, 0.6) is 0 Å². The third kappa shape index (κ3) is 6.09. The van der Waals surface area contributed by atoms with Crippen molar-refractivity contribution in [1.82, 2.24) is 9.88 Å². The number of nitrogens with zero attached hydrogens (tertiary/aromatic N) is 4. The number of anilines is 1. The van der Waals surface area contributed by atoms with Gasteiger partial charge in [0.2, 0.25) is 0 Å². The maximum atomic E-state index is 13.3. The minimum absolute atomic E-state index is 0.0308. The van der Waals surface area contributed by atoms with E-state index in [1.165, 1.54) is 40.5 Å². The molecule has 1 aromatic heterocycles. The Morgan fingerprint density at radius 3 is 2.60 bits per heavy atom. The largest absolute Gasteiger partial charge is 0.379 e. The molecule has 4 rings (SSSR count). The van der Waals surface area contributed by atoms with E-state index in [9.17, 15) is 23.3 Å². The fraction of sp³-hybridized carbons (Fsp3) is 0.304. The van der Waals surface area contributed by atoms with Crippen molar-refractivity contribution in [3.63, 3.8) is 0 Å². The first-order valence-electron chi connectivity index (χ1n) is 10.9. The van der Waals surface area contributed by atoms with E-state index in [1.54, 1.807) is 30.3 Å². The number of hydrogen-bond acceptors (Lipinski definition) is 9. The maximum Gasteiger partial charge on any atom is 0.269 e. The van der Waals surface area contributed by atoms with E-state index >= 15 is 0 Å². The summed E-state index contributed by atoms with van der Waals surface area (Å²) in [5.41, 5.74) is 0.955. The number of benzene rings is 2. The Labute approximate surface area is 206 Å². The summed E-state index contributed by atoms with van der Waals surface area (Å²) in [6, 6.07) is 10.8. The van der Waals surface area contributed by atoms with E-state index in [2.05, 4.69) is 9.88 Å².